The number of amides is 1. The summed E-state index contributed by atoms with van der Waals surface area (Å²) < 4.78 is 0. The molecule has 0 aromatic heterocycles. The maximum absolute atomic E-state index is 12.1. The van der Waals surface area contributed by atoms with Gasteiger partial charge in [-0.1, -0.05) is 53.5 Å². The van der Waals surface area contributed by atoms with E-state index in [4.69, 9.17) is 23.2 Å². The van der Waals surface area contributed by atoms with E-state index in [-0.39, 0.29) is 11.8 Å². The Kier molecular flexibility index (Phi) is 2.77. The fourth-order valence-corrected chi connectivity index (χ4v) is 2.57. The predicted molar refractivity (Wildman–Crippen MR) is 73.4 cm³/mol. The van der Waals surface area contributed by atoms with E-state index in [2.05, 4.69) is 5.32 Å². The van der Waals surface area contributed by atoms with Crippen LogP contribution < -0.4 is 5.32 Å². The van der Waals surface area contributed by atoms with Gasteiger partial charge in [-0.25, -0.2) is 0 Å². The lowest BCUT2D eigenvalue weighted by molar-refractivity contribution is -0.116. The Hall–Kier alpha value is -1.51. The normalized spacial score (nSPS) is 17.4. The smallest absolute Gasteiger partial charge is 0.236 e. The molecular formula is C14H9Cl2NO. The van der Waals surface area contributed by atoms with E-state index in [1.807, 2.05) is 30.3 Å². The van der Waals surface area contributed by atoms with Crippen LogP contribution in [0.15, 0.2) is 42.5 Å². The number of benzene rings is 2. The minimum Gasteiger partial charge on any atom is -0.325 e. The van der Waals surface area contributed by atoms with Gasteiger partial charge in [-0.2, -0.15) is 0 Å². The summed E-state index contributed by atoms with van der Waals surface area (Å²) in [5.41, 5.74) is 2.57. The van der Waals surface area contributed by atoms with Gasteiger partial charge in [-0.05, 0) is 23.3 Å². The van der Waals surface area contributed by atoms with E-state index in [9.17, 15) is 4.79 Å². The third-order valence-corrected chi connectivity index (χ3v) is 3.78. The van der Waals surface area contributed by atoms with Crippen molar-refractivity contribution in [1.82, 2.24) is 0 Å². The summed E-state index contributed by atoms with van der Waals surface area (Å²) in [5.74, 6) is -0.356. The first-order chi connectivity index (χ1) is 8.66. The molecule has 0 unspecified atom stereocenters. The lowest BCUT2D eigenvalue weighted by atomic mass is 9.93. The Morgan fingerprint density at radius 1 is 1.00 bits per heavy atom. The molecule has 1 atom stereocenters. The fraction of sp³-hybridized carbons (Fsp3) is 0.0714. The third-order valence-electron chi connectivity index (χ3n) is 3.06. The zero-order valence-corrected chi connectivity index (χ0v) is 10.8. The van der Waals surface area contributed by atoms with Crippen molar-refractivity contribution in [3.8, 4) is 0 Å². The summed E-state index contributed by atoms with van der Waals surface area (Å²) in [6.07, 6.45) is 0. The quantitative estimate of drug-likeness (QED) is 0.836. The van der Waals surface area contributed by atoms with Gasteiger partial charge in [-0.15, -0.1) is 0 Å². The van der Waals surface area contributed by atoms with Gasteiger partial charge in [0.25, 0.3) is 0 Å². The van der Waals surface area contributed by atoms with Crippen LogP contribution >= 0.6 is 23.2 Å². The molecule has 4 heteroatoms. The van der Waals surface area contributed by atoms with Gasteiger partial charge >= 0.3 is 0 Å². The van der Waals surface area contributed by atoms with E-state index in [0.29, 0.717) is 10.0 Å². The minimum atomic E-state index is -0.309. The molecule has 0 saturated carbocycles. The standard InChI is InChI=1S/C14H9Cl2NO/c15-10-6-9-12(7-11(10)16)17-14(18)13(9)8-4-2-1-3-5-8/h1-7,13H,(H,17,18)/t13-/m1/s1. The molecule has 1 heterocycles. The van der Waals surface area contributed by atoms with Gasteiger partial charge in [0.1, 0.15) is 0 Å². The monoisotopic (exact) mass is 277 g/mol. The van der Waals surface area contributed by atoms with E-state index < -0.39 is 0 Å². The van der Waals surface area contributed by atoms with Crippen molar-refractivity contribution in [3.05, 3.63) is 63.6 Å². The summed E-state index contributed by atoms with van der Waals surface area (Å²) in [6.45, 7) is 0. The maximum atomic E-state index is 12.1. The number of carbonyl (C=O) groups is 1. The second-order valence-corrected chi connectivity index (χ2v) is 5.00. The van der Waals surface area contributed by atoms with Gasteiger partial charge < -0.3 is 5.32 Å². The van der Waals surface area contributed by atoms with Crippen LogP contribution in [0.4, 0.5) is 5.69 Å². The summed E-state index contributed by atoms with van der Waals surface area (Å²) >= 11 is 12.0. The molecule has 2 aromatic carbocycles. The zero-order chi connectivity index (χ0) is 12.7. The molecule has 1 aliphatic heterocycles. The van der Waals surface area contributed by atoms with E-state index >= 15 is 0 Å². The number of halogens is 2. The molecule has 0 spiro atoms. The number of carbonyl (C=O) groups excluding carboxylic acids is 1. The summed E-state index contributed by atoms with van der Waals surface area (Å²) in [7, 11) is 0. The molecular weight excluding hydrogens is 269 g/mol. The molecule has 2 nitrogen and oxygen atoms in total. The van der Waals surface area contributed by atoms with Crippen molar-refractivity contribution in [2.24, 2.45) is 0 Å². The van der Waals surface area contributed by atoms with E-state index in [0.717, 1.165) is 16.8 Å². The van der Waals surface area contributed by atoms with Crippen LogP contribution in [0.25, 0.3) is 0 Å². The molecule has 1 aliphatic rings. The second-order valence-electron chi connectivity index (χ2n) is 4.19. The van der Waals surface area contributed by atoms with Gasteiger partial charge in [-0.3, -0.25) is 4.79 Å². The van der Waals surface area contributed by atoms with Crippen LogP contribution in [0.1, 0.15) is 17.0 Å². The van der Waals surface area contributed by atoms with Crippen molar-refractivity contribution < 1.29 is 4.79 Å². The van der Waals surface area contributed by atoms with Gasteiger partial charge in [0.15, 0.2) is 0 Å². The lowest BCUT2D eigenvalue weighted by Crippen LogP contribution is -2.12. The molecule has 1 amide bonds. The Morgan fingerprint density at radius 2 is 1.67 bits per heavy atom. The average molecular weight is 278 g/mol. The molecule has 3 rings (SSSR count). The average Bonchev–Trinajstić information content (AvgIpc) is 2.66. The van der Waals surface area contributed by atoms with Crippen LogP contribution in [0.2, 0.25) is 10.0 Å². The third kappa shape index (κ3) is 1.78. The van der Waals surface area contributed by atoms with Crippen LogP contribution in [0, 0.1) is 0 Å². The topological polar surface area (TPSA) is 29.1 Å². The molecule has 0 fully saturated rings. The van der Waals surface area contributed by atoms with Crippen molar-refractivity contribution in [2.45, 2.75) is 5.92 Å². The highest BCUT2D eigenvalue weighted by atomic mass is 35.5. The molecule has 18 heavy (non-hydrogen) atoms. The second kappa shape index (κ2) is 4.30. The Balaban J connectivity index is 2.15. The first-order valence-corrected chi connectivity index (χ1v) is 6.27. The first kappa shape index (κ1) is 11.6. The van der Waals surface area contributed by atoms with Crippen LogP contribution in [-0.2, 0) is 4.79 Å². The lowest BCUT2D eigenvalue weighted by Gasteiger charge is -2.09. The minimum absolute atomic E-state index is 0.0467. The Labute approximate surface area is 115 Å². The highest BCUT2D eigenvalue weighted by Crippen LogP contribution is 2.41. The Bertz CT molecular complexity index is 625. The zero-order valence-electron chi connectivity index (χ0n) is 9.28. The van der Waals surface area contributed by atoms with Crippen molar-refractivity contribution in [1.29, 1.82) is 0 Å². The van der Waals surface area contributed by atoms with Crippen LogP contribution in [-0.4, -0.2) is 5.91 Å². The maximum Gasteiger partial charge on any atom is 0.236 e. The molecule has 0 bridgehead atoms. The SMILES string of the molecule is O=C1Nc2cc(Cl)c(Cl)cc2[C@H]1c1ccccc1. The number of hydrogen-bond donors (Lipinski definition) is 1. The summed E-state index contributed by atoms with van der Waals surface area (Å²) in [5, 5.41) is 3.75. The number of fused-ring (bicyclic) bond motifs is 1. The number of rotatable bonds is 1. The number of nitrogens with one attached hydrogen (secondary N) is 1. The number of anilines is 1. The van der Waals surface area contributed by atoms with E-state index in [1.165, 1.54) is 0 Å². The summed E-state index contributed by atoms with van der Waals surface area (Å²) in [4.78, 5) is 12.1. The highest BCUT2D eigenvalue weighted by molar-refractivity contribution is 6.42. The molecule has 0 saturated heterocycles. The van der Waals surface area contributed by atoms with Crippen molar-refractivity contribution >= 4 is 34.8 Å². The van der Waals surface area contributed by atoms with Crippen LogP contribution in [0.3, 0.4) is 0 Å². The largest absolute Gasteiger partial charge is 0.325 e. The van der Waals surface area contributed by atoms with Crippen molar-refractivity contribution in [3.63, 3.8) is 0 Å². The van der Waals surface area contributed by atoms with E-state index in [1.54, 1.807) is 12.1 Å². The predicted octanol–water partition coefficient (Wildman–Crippen LogP) is 4.08. The van der Waals surface area contributed by atoms with Crippen molar-refractivity contribution in [2.75, 3.05) is 5.32 Å². The molecule has 90 valence electrons. The fourth-order valence-electron chi connectivity index (χ4n) is 2.23. The number of hydrogen-bond acceptors (Lipinski definition) is 1. The molecule has 1 N–H and O–H groups in total. The van der Waals surface area contributed by atoms with Gasteiger partial charge in [0, 0.05) is 5.69 Å². The summed E-state index contributed by atoms with van der Waals surface area (Å²) in [6, 6.07) is 13.1. The first-order valence-electron chi connectivity index (χ1n) is 5.51. The molecule has 0 aliphatic carbocycles. The highest BCUT2D eigenvalue weighted by Gasteiger charge is 2.32. The van der Waals surface area contributed by atoms with Gasteiger partial charge in [0.05, 0.1) is 16.0 Å². The molecule has 0 radical (unpaired) electrons. The van der Waals surface area contributed by atoms with Crippen LogP contribution in [0.5, 0.6) is 0 Å². The molecule has 2 aromatic rings. The van der Waals surface area contributed by atoms with Gasteiger partial charge in [0.2, 0.25) is 5.91 Å². The Morgan fingerprint density at radius 3 is 2.39 bits per heavy atom.